The van der Waals surface area contributed by atoms with Crippen molar-refractivity contribution in [3.8, 4) is 0 Å². The fraction of sp³-hybridized carbons (Fsp3) is 0.278. The number of hydrogen-bond donors (Lipinski definition) is 2. The van der Waals surface area contributed by atoms with E-state index in [1.165, 1.54) is 37.3 Å². The number of carbonyl (C=O) groups excluding carboxylic acids is 3. The van der Waals surface area contributed by atoms with Gasteiger partial charge in [-0.15, -0.1) is 0 Å². The Morgan fingerprint density at radius 3 is 2.52 bits per heavy atom. The first-order chi connectivity index (χ1) is 12.6. The third kappa shape index (κ3) is 3.99. The smallest absolute Gasteiger partial charge is 0.325 e. The number of benzene rings is 1. The minimum atomic E-state index is -3.92. The van der Waals surface area contributed by atoms with Crippen LogP contribution in [0.3, 0.4) is 0 Å². The van der Waals surface area contributed by atoms with E-state index in [0.717, 1.165) is 5.56 Å². The van der Waals surface area contributed by atoms with Crippen LogP contribution in [0, 0.1) is 6.92 Å². The molecule has 142 valence electrons. The summed E-state index contributed by atoms with van der Waals surface area (Å²) < 4.78 is 32.7. The van der Waals surface area contributed by atoms with Crippen molar-refractivity contribution in [2.45, 2.75) is 36.8 Å². The van der Waals surface area contributed by atoms with Crippen LogP contribution in [0.5, 0.6) is 0 Å². The Kier molecular flexibility index (Phi) is 4.75. The molecule has 9 heteroatoms. The van der Waals surface area contributed by atoms with Crippen LogP contribution in [0.15, 0.2) is 53.1 Å². The molecule has 3 rings (SSSR count). The van der Waals surface area contributed by atoms with Crippen molar-refractivity contribution >= 4 is 27.7 Å². The summed E-state index contributed by atoms with van der Waals surface area (Å²) in [5.74, 6) is -1.64. The summed E-state index contributed by atoms with van der Waals surface area (Å²) in [4.78, 5) is 35.4. The number of hydrogen-bond acceptors (Lipinski definition) is 6. The van der Waals surface area contributed by atoms with Crippen LogP contribution < -0.4 is 10.0 Å². The highest BCUT2D eigenvalue weighted by atomic mass is 32.2. The molecule has 1 aromatic carbocycles. The number of allylic oxidation sites excluding steroid dienone is 1. The van der Waals surface area contributed by atoms with Gasteiger partial charge in [0, 0.05) is 13.3 Å². The van der Waals surface area contributed by atoms with Crippen LogP contribution >= 0.6 is 0 Å². The highest BCUT2D eigenvalue weighted by molar-refractivity contribution is 7.89. The molecule has 1 amide bonds. The molecule has 1 saturated heterocycles. The summed E-state index contributed by atoms with van der Waals surface area (Å²) in [5.41, 5.74) is -0.399. The maximum Gasteiger partial charge on any atom is 0.325 e. The molecule has 1 heterocycles. The van der Waals surface area contributed by atoms with Gasteiger partial charge >= 0.3 is 5.97 Å². The number of carbonyl (C=O) groups is 3. The van der Waals surface area contributed by atoms with Crippen molar-refractivity contribution in [3.05, 3.63) is 53.8 Å². The van der Waals surface area contributed by atoms with Crippen molar-refractivity contribution in [1.29, 1.82) is 0 Å². The van der Waals surface area contributed by atoms with Crippen molar-refractivity contribution in [2.75, 3.05) is 0 Å². The first kappa shape index (κ1) is 19.0. The Bertz CT molecular complexity index is 978. The zero-order valence-electron chi connectivity index (χ0n) is 14.7. The van der Waals surface area contributed by atoms with Gasteiger partial charge in [-0.1, -0.05) is 17.7 Å². The van der Waals surface area contributed by atoms with Gasteiger partial charge in [-0.2, -0.15) is 4.72 Å². The number of esters is 1. The van der Waals surface area contributed by atoms with Gasteiger partial charge in [0.05, 0.1) is 10.6 Å². The van der Waals surface area contributed by atoms with Gasteiger partial charge in [0.15, 0.2) is 5.60 Å². The summed E-state index contributed by atoms with van der Waals surface area (Å²) in [7, 11) is -3.92. The topological polar surface area (TPSA) is 119 Å². The number of ketones is 1. The van der Waals surface area contributed by atoms with E-state index in [1.807, 2.05) is 6.92 Å². The van der Waals surface area contributed by atoms with Crippen LogP contribution in [0.4, 0.5) is 0 Å². The molecule has 2 unspecified atom stereocenters. The molecule has 0 saturated carbocycles. The van der Waals surface area contributed by atoms with Crippen molar-refractivity contribution in [1.82, 2.24) is 10.0 Å². The van der Waals surface area contributed by atoms with Gasteiger partial charge in [-0.3, -0.25) is 14.4 Å². The predicted molar refractivity (Wildman–Crippen MR) is 94.8 cm³/mol. The lowest BCUT2D eigenvalue weighted by Gasteiger charge is -2.24. The molecule has 1 spiro atoms. The monoisotopic (exact) mass is 390 g/mol. The highest BCUT2D eigenvalue weighted by Gasteiger charge is 2.47. The summed E-state index contributed by atoms with van der Waals surface area (Å²) >= 11 is 0. The van der Waals surface area contributed by atoms with E-state index in [0.29, 0.717) is 0 Å². The Morgan fingerprint density at radius 1 is 1.22 bits per heavy atom. The van der Waals surface area contributed by atoms with Gasteiger partial charge in [-0.05, 0) is 37.3 Å². The molecule has 0 bridgehead atoms. The second kappa shape index (κ2) is 6.75. The molecule has 1 aliphatic carbocycles. The minimum absolute atomic E-state index is 0.0140. The molecular weight excluding hydrogens is 372 g/mol. The summed E-state index contributed by atoms with van der Waals surface area (Å²) in [5, 5.41) is 2.38. The molecule has 2 atom stereocenters. The molecule has 0 radical (unpaired) electrons. The van der Waals surface area contributed by atoms with E-state index < -0.39 is 39.3 Å². The quantitative estimate of drug-likeness (QED) is 0.722. The van der Waals surface area contributed by atoms with Crippen LogP contribution in [0.25, 0.3) is 0 Å². The first-order valence-corrected chi connectivity index (χ1v) is 9.64. The van der Waals surface area contributed by atoms with E-state index in [-0.39, 0.29) is 17.0 Å². The largest absolute Gasteiger partial charge is 0.449 e. The molecule has 1 fully saturated rings. The lowest BCUT2D eigenvalue weighted by Crippen LogP contribution is -2.38. The normalized spacial score (nSPS) is 24.7. The van der Waals surface area contributed by atoms with Gasteiger partial charge < -0.3 is 10.1 Å². The van der Waals surface area contributed by atoms with E-state index in [4.69, 9.17) is 4.74 Å². The number of ether oxygens (including phenoxy) is 1. The van der Waals surface area contributed by atoms with Crippen molar-refractivity contribution in [2.24, 2.45) is 0 Å². The lowest BCUT2D eigenvalue weighted by atomic mass is 9.91. The standard InChI is InChI=1S/C18H18N2O6S/c1-11-3-5-13(6-4-11)27(24,25)20-15-10-18(26-17(15)23)8-7-16(22)14(9-18)19-12(2)21/h3-9,15,20H,10H2,1-2H3,(H,19,21). The Hall–Kier alpha value is -2.78. The van der Waals surface area contributed by atoms with Crippen LogP contribution in [-0.2, 0) is 29.1 Å². The predicted octanol–water partition coefficient (Wildman–Crippen LogP) is 0.487. The van der Waals surface area contributed by atoms with E-state index in [1.54, 1.807) is 12.1 Å². The average Bonchev–Trinajstić information content (AvgIpc) is 2.86. The number of amides is 1. The van der Waals surface area contributed by atoms with Crippen LogP contribution in [0.2, 0.25) is 0 Å². The molecular formula is C18H18N2O6S. The van der Waals surface area contributed by atoms with E-state index >= 15 is 0 Å². The second-order valence-corrected chi connectivity index (χ2v) is 8.22. The molecule has 0 aromatic heterocycles. The lowest BCUT2D eigenvalue weighted by molar-refractivity contribution is -0.144. The fourth-order valence-electron chi connectivity index (χ4n) is 2.91. The van der Waals surface area contributed by atoms with Gasteiger partial charge in [0.2, 0.25) is 21.7 Å². The minimum Gasteiger partial charge on any atom is -0.449 e. The Labute approximate surface area is 156 Å². The van der Waals surface area contributed by atoms with Gasteiger partial charge in [0.25, 0.3) is 0 Å². The SMILES string of the molecule is CC(=O)NC1=CC2(C=CC1=O)CC(NS(=O)(=O)c1ccc(C)cc1)C(=O)O2. The third-order valence-corrected chi connectivity index (χ3v) is 5.70. The molecule has 27 heavy (non-hydrogen) atoms. The number of aryl methyl sites for hydroxylation is 1. The summed E-state index contributed by atoms with van der Waals surface area (Å²) in [6, 6.07) is 5.08. The Balaban J connectivity index is 1.82. The Morgan fingerprint density at radius 2 is 1.89 bits per heavy atom. The molecule has 1 aromatic rings. The average molecular weight is 390 g/mol. The third-order valence-electron chi connectivity index (χ3n) is 4.21. The number of rotatable bonds is 4. The van der Waals surface area contributed by atoms with Crippen molar-refractivity contribution in [3.63, 3.8) is 0 Å². The maximum atomic E-state index is 12.5. The molecule has 2 aliphatic rings. The van der Waals surface area contributed by atoms with Crippen molar-refractivity contribution < 1.29 is 27.5 Å². The molecule has 8 nitrogen and oxygen atoms in total. The van der Waals surface area contributed by atoms with E-state index in [9.17, 15) is 22.8 Å². The fourth-order valence-corrected chi connectivity index (χ4v) is 4.10. The number of nitrogens with one attached hydrogen (secondary N) is 2. The van der Waals surface area contributed by atoms with Gasteiger partial charge in [0.1, 0.15) is 6.04 Å². The zero-order chi connectivity index (χ0) is 19.8. The number of sulfonamides is 1. The summed E-state index contributed by atoms with van der Waals surface area (Å²) in [6.45, 7) is 3.08. The van der Waals surface area contributed by atoms with Crippen LogP contribution in [-0.4, -0.2) is 37.7 Å². The second-order valence-electron chi connectivity index (χ2n) is 6.50. The highest BCUT2D eigenvalue weighted by Crippen LogP contribution is 2.34. The molecule has 1 aliphatic heterocycles. The van der Waals surface area contributed by atoms with Crippen LogP contribution in [0.1, 0.15) is 18.9 Å². The zero-order valence-corrected chi connectivity index (χ0v) is 15.5. The van der Waals surface area contributed by atoms with Gasteiger partial charge in [-0.25, -0.2) is 8.42 Å². The summed E-state index contributed by atoms with van der Waals surface area (Å²) in [6.07, 6.45) is 3.87. The first-order valence-electron chi connectivity index (χ1n) is 8.16. The van der Waals surface area contributed by atoms with E-state index in [2.05, 4.69) is 10.0 Å². The maximum absolute atomic E-state index is 12.5. The molecule has 2 N–H and O–H groups in total.